The Labute approximate surface area is 403 Å². The number of thiazole rings is 2. The number of aromatic carboxylic acids is 1. The largest absolute Gasteiger partial charge is 0.490 e. The quantitative estimate of drug-likeness (QED) is 0.107. The number of likely N-dealkylation sites (tertiary alicyclic amines) is 1. The average Bonchev–Trinajstić information content (AvgIpc) is 4.18. The molecule has 6 heterocycles. The molecule has 4 aromatic carbocycles. The Morgan fingerprint density at radius 1 is 0.721 bits per heavy atom. The first-order valence-corrected chi connectivity index (χ1v) is 24.3. The minimum absolute atomic E-state index is 0.0196. The van der Waals surface area contributed by atoms with Crippen LogP contribution in [0, 0.1) is 0 Å². The molecule has 6 aromatic rings. The molecule has 0 aliphatic carbocycles. The van der Waals surface area contributed by atoms with Crippen molar-refractivity contribution in [3.8, 4) is 11.5 Å². The average molecular weight is 955 g/mol. The monoisotopic (exact) mass is 954 g/mol. The van der Waals surface area contributed by atoms with Gasteiger partial charge in [-0.3, -0.25) is 20.1 Å². The maximum Gasteiger partial charge on any atom is 0.410 e. The fourth-order valence-electron chi connectivity index (χ4n) is 8.16. The number of hydrogen-bond acceptors (Lipinski definition) is 14. The van der Waals surface area contributed by atoms with Gasteiger partial charge in [0.25, 0.3) is 5.91 Å². The van der Waals surface area contributed by atoms with Crippen LogP contribution in [0.3, 0.4) is 0 Å². The molecule has 4 aliphatic heterocycles. The van der Waals surface area contributed by atoms with Crippen LogP contribution < -0.4 is 25.8 Å². The summed E-state index contributed by atoms with van der Waals surface area (Å²) in [6.45, 7) is 8.71. The Balaban J connectivity index is 0.000000164. The molecule has 15 nitrogen and oxygen atoms in total. The highest BCUT2D eigenvalue weighted by Gasteiger charge is 2.30. The van der Waals surface area contributed by atoms with Gasteiger partial charge in [-0.1, -0.05) is 48.5 Å². The lowest BCUT2D eigenvalue weighted by atomic mass is 10.0. The molecule has 5 N–H and O–H groups in total. The number of benzene rings is 4. The summed E-state index contributed by atoms with van der Waals surface area (Å²) in [6.07, 6.45) is 7.94. The third-order valence-electron chi connectivity index (χ3n) is 11.4. The van der Waals surface area contributed by atoms with E-state index >= 15 is 0 Å². The van der Waals surface area contributed by atoms with Gasteiger partial charge in [-0.25, -0.2) is 19.6 Å². The van der Waals surface area contributed by atoms with Crippen LogP contribution in [0.5, 0.6) is 11.5 Å². The van der Waals surface area contributed by atoms with Crippen molar-refractivity contribution >= 4 is 73.7 Å². The molecule has 0 saturated carbocycles. The number of hydrogen-bond donors (Lipinski definition) is 4. The lowest BCUT2D eigenvalue weighted by molar-refractivity contribution is 0.0126. The van der Waals surface area contributed by atoms with Crippen molar-refractivity contribution in [1.29, 1.82) is 0 Å². The Morgan fingerprint density at radius 3 is 1.78 bits per heavy atom. The number of nitrogens with two attached hydrogens (primary N) is 1. The molecule has 0 atom stereocenters. The molecule has 4 aliphatic rings. The van der Waals surface area contributed by atoms with Gasteiger partial charge >= 0.3 is 12.1 Å². The van der Waals surface area contributed by atoms with Crippen molar-refractivity contribution in [2.45, 2.75) is 77.1 Å². The van der Waals surface area contributed by atoms with E-state index < -0.39 is 11.6 Å². The van der Waals surface area contributed by atoms with Crippen LogP contribution in [0.4, 0.5) is 26.4 Å². The van der Waals surface area contributed by atoms with Gasteiger partial charge in [-0.05, 0) is 94.2 Å². The lowest BCUT2D eigenvalue weighted by Gasteiger charge is -2.33. The van der Waals surface area contributed by atoms with Crippen LogP contribution in [0.1, 0.15) is 89.4 Å². The molecule has 0 unspecified atom stereocenters. The number of nitrogen functional groups attached to an aromatic ring is 1. The lowest BCUT2D eigenvalue weighted by Crippen LogP contribution is -2.44. The number of carbonyl (C=O) groups is 3. The third kappa shape index (κ3) is 12.1. The van der Waals surface area contributed by atoms with E-state index in [-0.39, 0.29) is 29.8 Å². The number of fused-ring (bicyclic) bond motifs is 2. The minimum Gasteiger partial charge on any atom is -0.490 e. The molecule has 0 bridgehead atoms. The molecule has 0 radical (unpaired) electrons. The highest BCUT2D eigenvalue weighted by Crippen LogP contribution is 2.37. The Bertz CT molecular complexity index is 2780. The van der Waals surface area contributed by atoms with Gasteiger partial charge in [-0.15, -0.1) is 22.7 Å². The zero-order chi connectivity index (χ0) is 47.6. The second-order valence-corrected chi connectivity index (χ2v) is 19.2. The number of rotatable bonds is 9. The molecule has 17 heteroatoms. The van der Waals surface area contributed by atoms with Crippen molar-refractivity contribution in [2.75, 3.05) is 37.2 Å². The van der Waals surface area contributed by atoms with Crippen molar-refractivity contribution in [3.63, 3.8) is 0 Å². The second kappa shape index (κ2) is 21.8. The Hall–Kier alpha value is -6.95. The van der Waals surface area contributed by atoms with Gasteiger partial charge in [0.05, 0.1) is 33.9 Å². The number of nitrogens with zero attached hydrogens (tertiary/aromatic N) is 5. The molecular weight excluding hydrogens is 901 g/mol. The zero-order valence-electron chi connectivity index (χ0n) is 38.1. The summed E-state index contributed by atoms with van der Waals surface area (Å²) in [5.74, 6) is 0.426. The summed E-state index contributed by atoms with van der Waals surface area (Å²) in [4.78, 5) is 55.7. The van der Waals surface area contributed by atoms with E-state index in [0.29, 0.717) is 60.3 Å². The molecule has 2 aromatic heterocycles. The number of aromatic nitrogens is 2. The van der Waals surface area contributed by atoms with Crippen LogP contribution in [0.2, 0.25) is 0 Å². The summed E-state index contributed by atoms with van der Waals surface area (Å²) < 4.78 is 18.1. The zero-order valence-corrected chi connectivity index (χ0v) is 39.8. The number of aliphatic imine (C=N–C) groups is 2. The molecule has 0 spiro atoms. The predicted octanol–water partition coefficient (Wildman–Crippen LogP) is 9.77. The maximum atomic E-state index is 12.8. The van der Waals surface area contributed by atoms with E-state index in [1.807, 2.05) is 98.3 Å². The predicted molar refractivity (Wildman–Crippen MR) is 267 cm³/mol. The highest BCUT2D eigenvalue weighted by atomic mass is 32.1. The molecule has 68 heavy (non-hydrogen) atoms. The van der Waals surface area contributed by atoms with E-state index in [1.54, 1.807) is 29.4 Å². The van der Waals surface area contributed by atoms with Gasteiger partial charge in [0.15, 0.2) is 10.3 Å². The van der Waals surface area contributed by atoms with Crippen molar-refractivity contribution in [2.24, 2.45) is 9.98 Å². The van der Waals surface area contributed by atoms with E-state index in [0.717, 1.165) is 76.8 Å². The molecule has 2 saturated heterocycles. The van der Waals surface area contributed by atoms with Crippen LogP contribution in [0.25, 0.3) is 0 Å². The first-order chi connectivity index (χ1) is 32.9. The number of nitrogens with one attached hydrogen (secondary N) is 2. The number of ether oxygens (including phenoxy) is 3. The standard InChI is InChI=1S/C25H28N2O5.C23H22N4O2S.C3H4N2S/c1-25(2,3)32-24(30)27-13-11-17(12-14-27)31-21-10-5-4-8-18(21)20-15-16-7-6-9-19(23(28)29)22(16)26-20;28-22(27-23-25-12-13-30-23)18-6-3-4-15-14-19(26-21(15)18)17-5-1-2-7-20(17)29-16-8-10-24-11-9-16;4-3-5-1-2-6-3/h4-10,17H,11-15H2,1-3H3,(H,28,29);1-7,12-13,16,24H,8-11,14H2,(H,25,27,28);1-2H,(H2,4,5). The van der Waals surface area contributed by atoms with E-state index in [9.17, 15) is 19.5 Å². The number of para-hydroxylation sites is 4. The second-order valence-electron chi connectivity index (χ2n) is 17.4. The summed E-state index contributed by atoms with van der Waals surface area (Å²) in [7, 11) is 0. The fourth-order valence-corrected chi connectivity index (χ4v) is 9.07. The van der Waals surface area contributed by atoms with Gasteiger partial charge in [0.1, 0.15) is 29.3 Å². The molecular formula is C51H54N8O7S2. The molecule has 2 fully saturated rings. The first-order valence-electron chi connectivity index (χ1n) is 22.6. The summed E-state index contributed by atoms with van der Waals surface area (Å²) >= 11 is 2.84. The Morgan fingerprint density at radius 2 is 1.26 bits per heavy atom. The van der Waals surface area contributed by atoms with E-state index in [1.165, 1.54) is 22.7 Å². The Kier molecular flexibility index (Phi) is 15.2. The number of amides is 2. The van der Waals surface area contributed by atoms with E-state index in [2.05, 4.69) is 31.7 Å². The van der Waals surface area contributed by atoms with Crippen LogP contribution in [0.15, 0.2) is 118 Å². The van der Waals surface area contributed by atoms with E-state index in [4.69, 9.17) is 24.9 Å². The normalized spacial score (nSPS) is 15.5. The number of carbonyl (C=O) groups excluding carboxylic acids is 2. The van der Waals surface area contributed by atoms with Crippen molar-refractivity contribution in [1.82, 2.24) is 20.2 Å². The van der Waals surface area contributed by atoms with Crippen LogP contribution in [-0.4, -0.2) is 93.4 Å². The highest BCUT2D eigenvalue weighted by molar-refractivity contribution is 7.13. The van der Waals surface area contributed by atoms with Gasteiger partial charge in [0.2, 0.25) is 0 Å². The number of anilines is 2. The molecule has 10 rings (SSSR count). The topological polar surface area (TPSA) is 203 Å². The van der Waals surface area contributed by atoms with Crippen molar-refractivity contribution in [3.05, 3.63) is 141 Å². The SMILES string of the molecule is CC(C)(C)OC(=O)N1CCC(Oc2ccccc2C2=Nc3c(cccc3C(=O)O)C2)CC1.Nc1nccs1.O=C(Nc1nccs1)c1cccc2c1N=C(c1ccccc1OC1CCNCC1)C2. The van der Waals surface area contributed by atoms with Gasteiger partial charge in [-0.2, -0.15) is 0 Å². The van der Waals surface area contributed by atoms with Crippen molar-refractivity contribution < 1.29 is 33.7 Å². The summed E-state index contributed by atoms with van der Waals surface area (Å²) in [5.41, 5.74) is 12.3. The smallest absolute Gasteiger partial charge is 0.410 e. The van der Waals surface area contributed by atoms with Crippen LogP contribution >= 0.6 is 22.7 Å². The summed E-state index contributed by atoms with van der Waals surface area (Å²) in [6, 6.07) is 26.8. The number of carboxylic acid groups (broad SMARTS) is 1. The number of carboxylic acids is 1. The minimum atomic E-state index is -0.979. The number of piperidine rings is 2. The van der Waals surface area contributed by atoms with Crippen LogP contribution in [-0.2, 0) is 17.6 Å². The molecule has 2 amide bonds. The van der Waals surface area contributed by atoms with Gasteiger partial charge < -0.3 is 35.3 Å². The third-order valence-corrected chi connectivity index (χ3v) is 12.7. The van der Waals surface area contributed by atoms with Gasteiger partial charge in [0, 0.05) is 73.1 Å². The molecule has 352 valence electrons. The maximum absolute atomic E-state index is 12.8. The summed E-state index contributed by atoms with van der Waals surface area (Å²) in [5, 5.41) is 20.6. The first kappa shape index (κ1) is 47.5. The fraction of sp³-hybridized carbons (Fsp3) is 0.314.